The first kappa shape index (κ1) is 38.4. The SMILES string of the molecule is O=S(=O)(O)c1ccc(NC(=S)Nc2cccc(C=Cc3cccc(NC(=S)Nc4ccc(S(=O)(=O)O)cc4)c3S(=O)(=O)O)c2S(=O)(=O)O)cc1. The lowest BCUT2D eigenvalue weighted by molar-refractivity contribution is 0.481. The van der Waals surface area contributed by atoms with Gasteiger partial charge in [0.2, 0.25) is 0 Å². The van der Waals surface area contributed by atoms with Gasteiger partial charge in [-0.2, -0.15) is 33.7 Å². The van der Waals surface area contributed by atoms with E-state index in [4.69, 9.17) is 33.5 Å². The number of benzene rings is 4. The van der Waals surface area contributed by atoms with Gasteiger partial charge in [0.05, 0.1) is 21.2 Å². The zero-order valence-electron chi connectivity index (χ0n) is 24.7. The molecule has 0 atom stereocenters. The van der Waals surface area contributed by atoms with E-state index in [9.17, 15) is 42.8 Å². The Balaban J connectivity index is 1.62. The molecule has 22 heteroatoms. The van der Waals surface area contributed by atoms with Gasteiger partial charge in [0.25, 0.3) is 40.5 Å². The number of anilines is 4. The smallest absolute Gasteiger partial charge is 0.297 e. The van der Waals surface area contributed by atoms with Crippen LogP contribution in [0.4, 0.5) is 22.7 Å². The highest BCUT2D eigenvalue weighted by Gasteiger charge is 2.23. The molecular formula is C28H24N4O12S6. The van der Waals surface area contributed by atoms with Gasteiger partial charge in [-0.25, -0.2) is 0 Å². The molecule has 50 heavy (non-hydrogen) atoms. The third-order valence-corrected chi connectivity index (χ3v) is 10.5. The summed E-state index contributed by atoms with van der Waals surface area (Å²) in [6.07, 6.45) is 2.31. The molecule has 0 radical (unpaired) electrons. The van der Waals surface area contributed by atoms with E-state index in [2.05, 4.69) is 21.3 Å². The summed E-state index contributed by atoms with van der Waals surface area (Å²) in [5.74, 6) is 0. The molecule has 4 aromatic rings. The second kappa shape index (κ2) is 14.9. The molecular weight excluding hydrogens is 777 g/mol. The van der Waals surface area contributed by atoms with Gasteiger partial charge in [-0.3, -0.25) is 18.2 Å². The van der Waals surface area contributed by atoms with E-state index < -0.39 is 50.3 Å². The summed E-state index contributed by atoms with van der Waals surface area (Å²) in [4.78, 5) is -2.07. The summed E-state index contributed by atoms with van der Waals surface area (Å²) in [7, 11) is -18.8. The topological polar surface area (TPSA) is 266 Å². The lowest BCUT2D eigenvalue weighted by atomic mass is 10.1. The van der Waals surface area contributed by atoms with Crippen LogP contribution in [0.3, 0.4) is 0 Å². The minimum atomic E-state index is -4.96. The molecule has 8 N–H and O–H groups in total. The van der Waals surface area contributed by atoms with E-state index in [0.717, 1.165) is 36.4 Å². The van der Waals surface area contributed by atoms with E-state index in [0.29, 0.717) is 0 Å². The van der Waals surface area contributed by atoms with Crippen molar-refractivity contribution in [2.75, 3.05) is 21.3 Å². The highest BCUT2D eigenvalue weighted by atomic mass is 32.2. The Morgan fingerprint density at radius 2 is 0.780 bits per heavy atom. The van der Waals surface area contributed by atoms with Crippen LogP contribution in [-0.4, -0.2) is 62.1 Å². The fraction of sp³-hybridized carbons (Fsp3) is 0. The van der Waals surface area contributed by atoms with Crippen LogP contribution in [0, 0.1) is 0 Å². The maximum Gasteiger partial charge on any atom is 0.297 e. The Morgan fingerprint density at radius 1 is 0.460 bits per heavy atom. The van der Waals surface area contributed by atoms with Gasteiger partial charge in [-0.05, 0) is 96.2 Å². The number of nitrogens with one attached hydrogen (secondary N) is 4. The number of hydrogen-bond donors (Lipinski definition) is 8. The van der Waals surface area contributed by atoms with Gasteiger partial charge in [-0.1, -0.05) is 36.4 Å². The van der Waals surface area contributed by atoms with Crippen molar-refractivity contribution in [1.82, 2.24) is 0 Å². The van der Waals surface area contributed by atoms with Crippen molar-refractivity contribution < 1.29 is 51.9 Å². The molecule has 0 saturated carbocycles. The minimum Gasteiger partial charge on any atom is -0.332 e. The van der Waals surface area contributed by atoms with Crippen LogP contribution in [0.2, 0.25) is 0 Å². The number of thiocarbonyl (C=S) groups is 2. The first-order valence-electron chi connectivity index (χ1n) is 13.3. The van der Waals surface area contributed by atoms with Crippen LogP contribution in [-0.2, 0) is 40.5 Å². The van der Waals surface area contributed by atoms with Crippen LogP contribution in [0.15, 0.2) is 105 Å². The van der Waals surface area contributed by atoms with Gasteiger partial charge in [0.15, 0.2) is 10.2 Å². The molecule has 0 aliphatic carbocycles. The van der Waals surface area contributed by atoms with Crippen LogP contribution >= 0.6 is 24.4 Å². The van der Waals surface area contributed by atoms with Crippen molar-refractivity contribution in [2.45, 2.75) is 19.6 Å². The van der Waals surface area contributed by atoms with Crippen molar-refractivity contribution in [3.05, 3.63) is 96.1 Å². The molecule has 0 aliphatic heterocycles. The molecule has 0 aromatic heterocycles. The molecule has 0 spiro atoms. The van der Waals surface area contributed by atoms with Crippen LogP contribution in [0.1, 0.15) is 11.1 Å². The molecule has 0 heterocycles. The number of rotatable bonds is 10. The first-order valence-corrected chi connectivity index (χ1v) is 19.9. The Morgan fingerprint density at radius 3 is 1.06 bits per heavy atom. The normalized spacial score (nSPS) is 12.3. The van der Waals surface area contributed by atoms with Gasteiger partial charge in [0, 0.05) is 11.4 Å². The summed E-state index contributed by atoms with van der Waals surface area (Å²) in [5.41, 5.74) is -0.155. The summed E-state index contributed by atoms with van der Waals surface area (Å²) in [5, 5.41) is 10.3. The van der Waals surface area contributed by atoms with E-state index in [1.54, 1.807) is 0 Å². The van der Waals surface area contributed by atoms with Crippen LogP contribution in [0.5, 0.6) is 0 Å². The molecule has 0 bridgehead atoms. The first-order chi connectivity index (χ1) is 23.1. The predicted octanol–water partition coefficient (Wildman–Crippen LogP) is 4.46. The molecule has 4 rings (SSSR count). The molecule has 0 saturated heterocycles. The predicted molar refractivity (Wildman–Crippen MR) is 194 cm³/mol. The van der Waals surface area contributed by atoms with Crippen LogP contribution < -0.4 is 21.3 Å². The van der Waals surface area contributed by atoms with Crippen LogP contribution in [0.25, 0.3) is 12.2 Å². The second-order valence-electron chi connectivity index (χ2n) is 9.89. The highest BCUT2D eigenvalue weighted by Crippen LogP contribution is 2.31. The quantitative estimate of drug-likeness (QED) is 0.0625. The standard InChI is InChI=1S/C28H24N4O12S6/c33-47(34,35)21-13-9-19(10-14-21)29-27(45)31-23-5-1-3-17(25(23)49(39,40)41)7-8-18-4-2-6-24(26(18)50(42,43)44)32-28(46)30-20-11-15-22(16-12-20)48(36,37)38/h1-16H,(H2,29,31,45)(H2,30,32,46)(H,33,34,35)(H,36,37,38)(H,39,40,41)(H,42,43,44). The maximum atomic E-state index is 12.5. The van der Waals surface area contributed by atoms with Gasteiger partial charge >= 0.3 is 0 Å². The Bertz CT molecular complexity index is 2280. The largest absolute Gasteiger partial charge is 0.332 e. The van der Waals surface area contributed by atoms with E-state index >= 15 is 0 Å². The third-order valence-electron chi connectivity index (χ3n) is 6.37. The van der Waals surface area contributed by atoms with Crippen molar-refractivity contribution in [2.24, 2.45) is 0 Å². The lowest BCUT2D eigenvalue weighted by Gasteiger charge is -2.16. The average Bonchev–Trinajstić information content (AvgIpc) is 2.98. The van der Waals surface area contributed by atoms with E-state index in [1.165, 1.54) is 60.7 Å². The Labute approximate surface area is 297 Å². The van der Waals surface area contributed by atoms with Crippen molar-refractivity contribution in [3.63, 3.8) is 0 Å². The summed E-state index contributed by atoms with van der Waals surface area (Å²) >= 11 is 10.4. The second-order valence-corrected chi connectivity index (χ2v) is 16.3. The fourth-order valence-electron chi connectivity index (χ4n) is 4.31. The Hall–Kier alpha value is -4.36. The van der Waals surface area contributed by atoms with Crippen molar-refractivity contribution in [3.8, 4) is 0 Å². The molecule has 0 amide bonds. The van der Waals surface area contributed by atoms with E-state index in [1.807, 2.05) is 0 Å². The summed E-state index contributed by atoms with van der Waals surface area (Å²) < 4.78 is 134. The number of hydrogen-bond acceptors (Lipinski definition) is 10. The molecule has 0 fully saturated rings. The molecule has 0 aliphatic rings. The van der Waals surface area contributed by atoms with Gasteiger partial charge in [0.1, 0.15) is 9.79 Å². The summed E-state index contributed by atoms with van der Waals surface area (Å²) in [6.45, 7) is 0. The Kier molecular flexibility index (Phi) is 11.4. The zero-order chi connectivity index (χ0) is 37.1. The maximum absolute atomic E-state index is 12.5. The summed E-state index contributed by atoms with van der Waals surface area (Å²) in [6, 6.07) is 17.4. The monoisotopic (exact) mass is 800 g/mol. The van der Waals surface area contributed by atoms with Crippen molar-refractivity contribution >= 4 is 110 Å². The molecule has 264 valence electrons. The van der Waals surface area contributed by atoms with E-state index in [-0.39, 0.29) is 53.9 Å². The van der Waals surface area contributed by atoms with Gasteiger partial charge < -0.3 is 21.3 Å². The third kappa shape index (κ3) is 10.1. The fourth-order valence-corrected chi connectivity index (χ4v) is 7.39. The lowest BCUT2D eigenvalue weighted by Crippen LogP contribution is -2.21. The van der Waals surface area contributed by atoms with Gasteiger partial charge in [-0.15, -0.1) is 0 Å². The molecule has 0 unspecified atom stereocenters. The minimum absolute atomic E-state index is 0.136. The molecule has 16 nitrogen and oxygen atoms in total. The van der Waals surface area contributed by atoms with Crippen molar-refractivity contribution in [1.29, 1.82) is 0 Å². The zero-order valence-corrected chi connectivity index (χ0v) is 29.6. The highest BCUT2D eigenvalue weighted by molar-refractivity contribution is 7.86. The average molecular weight is 801 g/mol. The molecule has 4 aromatic carbocycles.